The second-order valence-corrected chi connectivity index (χ2v) is 5.76. The summed E-state index contributed by atoms with van der Waals surface area (Å²) in [5.74, 6) is 0.0350. The summed E-state index contributed by atoms with van der Waals surface area (Å²) >= 11 is 5.83. The number of rotatable bonds is 6. The van der Waals surface area contributed by atoms with Gasteiger partial charge >= 0.3 is 0 Å². The van der Waals surface area contributed by atoms with Crippen LogP contribution in [0.1, 0.15) is 23.1 Å². The number of amides is 1. The molecule has 4 heteroatoms. The van der Waals surface area contributed by atoms with E-state index >= 15 is 0 Å². The van der Waals surface area contributed by atoms with Crippen LogP contribution in [0.4, 0.5) is 5.69 Å². The zero-order valence-electron chi connectivity index (χ0n) is 12.9. The van der Waals surface area contributed by atoms with E-state index in [1.165, 1.54) is 11.1 Å². The third-order valence-electron chi connectivity index (χ3n) is 3.68. The number of benzene rings is 2. The monoisotopic (exact) mass is 316 g/mol. The first kappa shape index (κ1) is 16.4. The van der Waals surface area contributed by atoms with E-state index in [9.17, 15) is 4.79 Å². The molecule has 0 aliphatic carbocycles. The molecule has 0 saturated heterocycles. The van der Waals surface area contributed by atoms with Gasteiger partial charge in [0.25, 0.3) is 0 Å². The molecule has 0 bridgehead atoms. The molecule has 1 amide bonds. The third-order valence-corrected chi connectivity index (χ3v) is 3.93. The minimum atomic E-state index is 0.0350. The largest absolute Gasteiger partial charge is 0.384 e. The van der Waals surface area contributed by atoms with Crippen LogP contribution in [0.25, 0.3) is 0 Å². The molecule has 2 rings (SSSR count). The van der Waals surface area contributed by atoms with Gasteiger partial charge in [0.15, 0.2) is 0 Å². The predicted octanol–water partition coefficient (Wildman–Crippen LogP) is 4.08. The van der Waals surface area contributed by atoms with Crippen molar-refractivity contribution in [2.45, 2.75) is 26.8 Å². The highest BCUT2D eigenvalue weighted by Crippen LogP contribution is 2.17. The van der Waals surface area contributed by atoms with Gasteiger partial charge in [0, 0.05) is 30.2 Å². The lowest BCUT2D eigenvalue weighted by molar-refractivity contribution is -0.121. The summed E-state index contributed by atoms with van der Waals surface area (Å²) in [4.78, 5) is 11.8. The maximum absolute atomic E-state index is 11.8. The molecule has 0 radical (unpaired) electrons. The second kappa shape index (κ2) is 7.85. The number of halogens is 1. The average molecular weight is 317 g/mol. The average Bonchev–Trinajstić information content (AvgIpc) is 2.51. The molecular formula is C18H21ClN2O. The van der Waals surface area contributed by atoms with Crippen LogP contribution in [0.2, 0.25) is 5.02 Å². The van der Waals surface area contributed by atoms with Crippen LogP contribution in [0.5, 0.6) is 0 Å². The Bertz CT molecular complexity index is 638. The van der Waals surface area contributed by atoms with Crippen LogP contribution in [-0.2, 0) is 11.3 Å². The Hall–Kier alpha value is -2.00. The first-order valence-electron chi connectivity index (χ1n) is 7.37. The quantitative estimate of drug-likeness (QED) is 0.843. The van der Waals surface area contributed by atoms with Crippen LogP contribution in [0.15, 0.2) is 42.5 Å². The summed E-state index contributed by atoms with van der Waals surface area (Å²) in [6.45, 7) is 5.31. The van der Waals surface area contributed by atoms with Crippen LogP contribution in [0.3, 0.4) is 0 Å². The molecule has 0 aromatic heterocycles. The maximum Gasteiger partial charge on any atom is 0.222 e. The Labute approximate surface area is 136 Å². The molecule has 2 N–H and O–H groups in total. The fraction of sp³-hybridized carbons (Fsp3) is 0.278. The summed E-state index contributed by atoms with van der Waals surface area (Å²) in [5, 5.41) is 6.92. The summed E-state index contributed by atoms with van der Waals surface area (Å²) in [6, 6.07) is 13.6. The molecule has 0 saturated carbocycles. The number of aryl methyl sites for hydroxylation is 1. The first-order valence-corrected chi connectivity index (χ1v) is 7.75. The van der Waals surface area contributed by atoms with Gasteiger partial charge in [-0.3, -0.25) is 4.79 Å². The molecule has 0 aliphatic heterocycles. The second-order valence-electron chi connectivity index (χ2n) is 5.33. The van der Waals surface area contributed by atoms with Gasteiger partial charge in [0.1, 0.15) is 0 Å². The van der Waals surface area contributed by atoms with Crippen molar-refractivity contribution in [3.05, 3.63) is 64.2 Å². The first-order chi connectivity index (χ1) is 10.6. The molecule has 116 valence electrons. The van der Waals surface area contributed by atoms with E-state index in [1.54, 1.807) is 0 Å². The van der Waals surface area contributed by atoms with Gasteiger partial charge in [0.05, 0.1) is 0 Å². The van der Waals surface area contributed by atoms with Crippen LogP contribution in [-0.4, -0.2) is 12.5 Å². The van der Waals surface area contributed by atoms with Crippen molar-refractivity contribution in [3.63, 3.8) is 0 Å². The summed E-state index contributed by atoms with van der Waals surface area (Å²) in [6.07, 6.45) is 0.445. The highest BCUT2D eigenvalue weighted by Gasteiger charge is 2.03. The Morgan fingerprint density at radius 2 is 1.82 bits per heavy atom. The van der Waals surface area contributed by atoms with Crippen molar-refractivity contribution < 1.29 is 4.79 Å². The van der Waals surface area contributed by atoms with Gasteiger partial charge in [-0.2, -0.15) is 0 Å². The minimum absolute atomic E-state index is 0.0350. The van der Waals surface area contributed by atoms with Gasteiger partial charge in [-0.25, -0.2) is 0 Å². The van der Waals surface area contributed by atoms with E-state index in [2.05, 4.69) is 30.5 Å². The van der Waals surface area contributed by atoms with Crippen molar-refractivity contribution in [1.82, 2.24) is 5.32 Å². The van der Waals surface area contributed by atoms with Crippen LogP contribution >= 0.6 is 11.6 Å². The molecular weight excluding hydrogens is 296 g/mol. The van der Waals surface area contributed by atoms with E-state index < -0.39 is 0 Å². The van der Waals surface area contributed by atoms with Gasteiger partial charge in [0.2, 0.25) is 5.91 Å². The van der Waals surface area contributed by atoms with Crippen molar-refractivity contribution in [2.75, 3.05) is 11.9 Å². The molecule has 0 atom stereocenters. The third kappa shape index (κ3) is 4.78. The lowest BCUT2D eigenvalue weighted by Gasteiger charge is -2.11. The van der Waals surface area contributed by atoms with Crippen molar-refractivity contribution in [3.8, 4) is 0 Å². The number of nitrogens with one attached hydrogen (secondary N) is 2. The summed E-state index contributed by atoms with van der Waals surface area (Å²) in [5.41, 5.74) is 4.60. The van der Waals surface area contributed by atoms with Gasteiger partial charge in [-0.1, -0.05) is 35.9 Å². The Morgan fingerprint density at radius 1 is 1.09 bits per heavy atom. The fourth-order valence-corrected chi connectivity index (χ4v) is 2.27. The Kier molecular flexibility index (Phi) is 5.84. The van der Waals surface area contributed by atoms with Crippen molar-refractivity contribution >= 4 is 23.2 Å². The smallest absolute Gasteiger partial charge is 0.222 e. The SMILES string of the molecule is Cc1cccc(NCCC(=O)NCc2ccc(Cl)cc2)c1C. The zero-order chi connectivity index (χ0) is 15.9. The topological polar surface area (TPSA) is 41.1 Å². The predicted molar refractivity (Wildman–Crippen MR) is 92.3 cm³/mol. The van der Waals surface area contributed by atoms with Crippen LogP contribution in [0, 0.1) is 13.8 Å². The minimum Gasteiger partial charge on any atom is -0.384 e. The summed E-state index contributed by atoms with van der Waals surface area (Å²) in [7, 11) is 0. The standard InChI is InChI=1S/C18H21ClN2O/c1-13-4-3-5-17(14(13)2)20-11-10-18(22)21-12-15-6-8-16(19)9-7-15/h3-9,20H,10-12H2,1-2H3,(H,21,22). The molecule has 0 spiro atoms. The molecule has 2 aromatic carbocycles. The molecule has 0 fully saturated rings. The van der Waals surface area contributed by atoms with Crippen LogP contribution < -0.4 is 10.6 Å². The lowest BCUT2D eigenvalue weighted by atomic mass is 10.1. The number of hydrogen-bond donors (Lipinski definition) is 2. The Balaban J connectivity index is 1.74. The number of hydrogen-bond acceptors (Lipinski definition) is 2. The molecule has 22 heavy (non-hydrogen) atoms. The highest BCUT2D eigenvalue weighted by molar-refractivity contribution is 6.30. The highest BCUT2D eigenvalue weighted by atomic mass is 35.5. The maximum atomic E-state index is 11.8. The van der Waals surface area contributed by atoms with E-state index in [-0.39, 0.29) is 5.91 Å². The van der Waals surface area contributed by atoms with E-state index in [1.807, 2.05) is 36.4 Å². The molecule has 0 unspecified atom stereocenters. The number of carbonyl (C=O) groups excluding carboxylic acids is 1. The van der Waals surface area contributed by atoms with E-state index in [0.29, 0.717) is 24.5 Å². The number of carbonyl (C=O) groups is 1. The zero-order valence-corrected chi connectivity index (χ0v) is 13.7. The Morgan fingerprint density at radius 3 is 2.55 bits per heavy atom. The van der Waals surface area contributed by atoms with Gasteiger partial charge in [-0.15, -0.1) is 0 Å². The van der Waals surface area contributed by atoms with E-state index in [4.69, 9.17) is 11.6 Å². The molecule has 3 nitrogen and oxygen atoms in total. The molecule has 0 heterocycles. The molecule has 2 aromatic rings. The lowest BCUT2D eigenvalue weighted by Crippen LogP contribution is -2.24. The van der Waals surface area contributed by atoms with E-state index in [0.717, 1.165) is 11.3 Å². The van der Waals surface area contributed by atoms with Gasteiger partial charge < -0.3 is 10.6 Å². The summed E-state index contributed by atoms with van der Waals surface area (Å²) < 4.78 is 0. The van der Waals surface area contributed by atoms with Crippen molar-refractivity contribution in [1.29, 1.82) is 0 Å². The van der Waals surface area contributed by atoms with Crippen molar-refractivity contribution in [2.24, 2.45) is 0 Å². The normalized spacial score (nSPS) is 10.3. The fourth-order valence-electron chi connectivity index (χ4n) is 2.14. The number of anilines is 1. The van der Waals surface area contributed by atoms with Gasteiger partial charge in [-0.05, 0) is 48.7 Å². The molecule has 0 aliphatic rings.